The van der Waals surface area contributed by atoms with Crippen molar-refractivity contribution in [3.05, 3.63) is 0 Å². The Morgan fingerprint density at radius 3 is 2.48 bits per heavy atom. The average molecular weight is 333 g/mol. The standard InChI is InChI=1S/C15H27NO7/c1-3-10(19)6-4-5-7-22-15-12(16-9(2)18)14(21)13(20)11(8-17)23-15/h11-15,17,20-21H,3-8H2,1-2H3,(H,16,18)/t11-,12-,13+,14-,15-/m1/s1. The molecule has 0 bridgehead atoms. The Hall–Kier alpha value is -1.06. The number of aliphatic hydroxyl groups excluding tert-OH is 3. The highest BCUT2D eigenvalue weighted by atomic mass is 16.7. The van der Waals surface area contributed by atoms with Gasteiger partial charge in [-0.15, -0.1) is 0 Å². The molecule has 1 amide bonds. The summed E-state index contributed by atoms with van der Waals surface area (Å²) in [6.07, 6.45) is -2.28. The number of Topliss-reactive ketones (excluding diaryl/α,β-unsaturated/α-hetero) is 1. The summed E-state index contributed by atoms with van der Waals surface area (Å²) >= 11 is 0. The van der Waals surface area contributed by atoms with Crippen LogP contribution in [0.25, 0.3) is 0 Å². The summed E-state index contributed by atoms with van der Waals surface area (Å²) in [6, 6.07) is -0.928. The fourth-order valence-corrected chi connectivity index (χ4v) is 2.41. The van der Waals surface area contributed by atoms with E-state index in [1.807, 2.05) is 6.92 Å². The largest absolute Gasteiger partial charge is 0.394 e. The quantitative estimate of drug-likeness (QED) is 0.403. The molecule has 0 aromatic carbocycles. The maximum absolute atomic E-state index is 11.2. The molecule has 0 aromatic heterocycles. The van der Waals surface area contributed by atoms with E-state index in [2.05, 4.69) is 5.32 Å². The fourth-order valence-electron chi connectivity index (χ4n) is 2.41. The smallest absolute Gasteiger partial charge is 0.217 e. The molecule has 134 valence electrons. The van der Waals surface area contributed by atoms with E-state index in [0.717, 1.165) is 0 Å². The molecule has 0 aromatic rings. The normalized spacial score (nSPS) is 30.9. The Balaban J connectivity index is 2.53. The van der Waals surface area contributed by atoms with Crippen LogP contribution in [0.1, 0.15) is 39.5 Å². The SMILES string of the molecule is CCC(=O)CCCCO[C@@H]1O[C@H](CO)[C@H](O)[C@H](O)[C@H]1NC(C)=O. The van der Waals surface area contributed by atoms with Crippen LogP contribution in [-0.4, -0.2) is 70.9 Å². The Kier molecular flexibility index (Phi) is 8.64. The van der Waals surface area contributed by atoms with Gasteiger partial charge in [0.25, 0.3) is 0 Å². The van der Waals surface area contributed by atoms with Crippen molar-refractivity contribution in [3.63, 3.8) is 0 Å². The van der Waals surface area contributed by atoms with Gasteiger partial charge in [-0.2, -0.15) is 0 Å². The molecular weight excluding hydrogens is 306 g/mol. The van der Waals surface area contributed by atoms with Crippen LogP contribution in [0.5, 0.6) is 0 Å². The molecule has 0 spiro atoms. The number of carbonyl (C=O) groups is 2. The third-order valence-electron chi connectivity index (χ3n) is 3.78. The lowest BCUT2D eigenvalue weighted by Gasteiger charge is -2.42. The van der Waals surface area contributed by atoms with Crippen LogP contribution in [0.15, 0.2) is 0 Å². The summed E-state index contributed by atoms with van der Waals surface area (Å²) in [4.78, 5) is 22.5. The van der Waals surface area contributed by atoms with E-state index >= 15 is 0 Å². The summed E-state index contributed by atoms with van der Waals surface area (Å²) in [5, 5.41) is 31.6. The summed E-state index contributed by atoms with van der Waals surface area (Å²) in [5.41, 5.74) is 0. The molecule has 0 saturated carbocycles. The number of aliphatic hydroxyl groups is 3. The number of nitrogens with one attached hydrogen (secondary N) is 1. The van der Waals surface area contributed by atoms with Gasteiger partial charge < -0.3 is 30.1 Å². The molecule has 1 heterocycles. The number of ketones is 1. The van der Waals surface area contributed by atoms with Crippen molar-refractivity contribution in [2.45, 2.75) is 70.2 Å². The predicted molar refractivity (Wildman–Crippen MR) is 80.5 cm³/mol. The summed E-state index contributed by atoms with van der Waals surface area (Å²) in [6.45, 7) is 2.90. The molecule has 4 N–H and O–H groups in total. The molecule has 1 aliphatic rings. The molecular formula is C15H27NO7. The minimum absolute atomic E-state index is 0.189. The number of hydrogen-bond acceptors (Lipinski definition) is 7. The van der Waals surface area contributed by atoms with E-state index < -0.39 is 43.2 Å². The number of amides is 1. The first-order valence-corrected chi connectivity index (χ1v) is 7.93. The van der Waals surface area contributed by atoms with Gasteiger partial charge in [0.1, 0.15) is 30.1 Å². The van der Waals surface area contributed by atoms with Gasteiger partial charge >= 0.3 is 0 Å². The zero-order chi connectivity index (χ0) is 17.4. The van der Waals surface area contributed by atoms with E-state index in [-0.39, 0.29) is 12.4 Å². The molecule has 1 saturated heterocycles. The van der Waals surface area contributed by atoms with Crippen LogP contribution in [-0.2, 0) is 19.1 Å². The van der Waals surface area contributed by atoms with Gasteiger partial charge in [-0.3, -0.25) is 9.59 Å². The number of rotatable bonds is 9. The first-order chi connectivity index (χ1) is 10.9. The van der Waals surface area contributed by atoms with Gasteiger partial charge in [-0.1, -0.05) is 6.92 Å². The predicted octanol–water partition coefficient (Wildman–Crippen LogP) is -0.904. The Bertz CT molecular complexity index is 390. The Labute approximate surface area is 135 Å². The highest BCUT2D eigenvalue weighted by molar-refractivity contribution is 5.77. The third-order valence-corrected chi connectivity index (χ3v) is 3.78. The number of hydrogen-bond donors (Lipinski definition) is 4. The van der Waals surface area contributed by atoms with Crippen LogP contribution in [0.3, 0.4) is 0 Å². The van der Waals surface area contributed by atoms with E-state index in [4.69, 9.17) is 9.47 Å². The molecule has 5 atom stereocenters. The van der Waals surface area contributed by atoms with Gasteiger partial charge in [-0.25, -0.2) is 0 Å². The van der Waals surface area contributed by atoms with Crippen molar-refractivity contribution in [2.24, 2.45) is 0 Å². The second-order valence-corrected chi connectivity index (χ2v) is 5.65. The third kappa shape index (κ3) is 6.15. The van der Waals surface area contributed by atoms with Gasteiger partial charge in [0.15, 0.2) is 6.29 Å². The zero-order valence-corrected chi connectivity index (χ0v) is 13.6. The maximum Gasteiger partial charge on any atom is 0.217 e. The van der Waals surface area contributed by atoms with E-state index in [0.29, 0.717) is 25.7 Å². The number of carbonyl (C=O) groups excluding carboxylic acids is 2. The van der Waals surface area contributed by atoms with Gasteiger partial charge in [0.05, 0.1) is 6.61 Å². The van der Waals surface area contributed by atoms with Crippen molar-refractivity contribution in [3.8, 4) is 0 Å². The Morgan fingerprint density at radius 1 is 1.22 bits per heavy atom. The van der Waals surface area contributed by atoms with E-state index in [1.165, 1.54) is 6.92 Å². The van der Waals surface area contributed by atoms with Crippen molar-refractivity contribution in [2.75, 3.05) is 13.2 Å². The summed E-state index contributed by atoms with van der Waals surface area (Å²) in [5.74, 6) is -0.205. The highest BCUT2D eigenvalue weighted by Gasteiger charge is 2.45. The van der Waals surface area contributed by atoms with Crippen molar-refractivity contribution >= 4 is 11.7 Å². The monoisotopic (exact) mass is 333 g/mol. The van der Waals surface area contributed by atoms with Gasteiger partial charge in [0.2, 0.25) is 5.91 Å². The molecule has 1 fully saturated rings. The molecule has 23 heavy (non-hydrogen) atoms. The van der Waals surface area contributed by atoms with Crippen LogP contribution >= 0.6 is 0 Å². The van der Waals surface area contributed by atoms with E-state index in [9.17, 15) is 24.9 Å². The van der Waals surface area contributed by atoms with E-state index in [1.54, 1.807) is 0 Å². The molecule has 1 rings (SSSR count). The number of ether oxygens (including phenoxy) is 2. The van der Waals surface area contributed by atoms with Gasteiger partial charge in [-0.05, 0) is 12.8 Å². The minimum Gasteiger partial charge on any atom is -0.394 e. The summed E-state index contributed by atoms with van der Waals surface area (Å²) in [7, 11) is 0. The number of unbranched alkanes of at least 4 members (excludes halogenated alkanes) is 1. The second-order valence-electron chi connectivity index (χ2n) is 5.65. The topological polar surface area (TPSA) is 125 Å². The van der Waals surface area contributed by atoms with Crippen molar-refractivity contribution in [1.29, 1.82) is 0 Å². The molecule has 0 aliphatic carbocycles. The first-order valence-electron chi connectivity index (χ1n) is 7.93. The molecule has 8 heteroatoms. The highest BCUT2D eigenvalue weighted by Crippen LogP contribution is 2.22. The van der Waals surface area contributed by atoms with Crippen molar-refractivity contribution < 1.29 is 34.4 Å². The van der Waals surface area contributed by atoms with Crippen LogP contribution in [0, 0.1) is 0 Å². The fraction of sp³-hybridized carbons (Fsp3) is 0.867. The molecule has 0 radical (unpaired) electrons. The van der Waals surface area contributed by atoms with Crippen LogP contribution in [0.2, 0.25) is 0 Å². The van der Waals surface area contributed by atoms with Crippen LogP contribution < -0.4 is 5.32 Å². The first kappa shape index (κ1) is 20.0. The lowest BCUT2D eigenvalue weighted by Crippen LogP contribution is -2.64. The maximum atomic E-state index is 11.2. The lowest BCUT2D eigenvalue weighted by molar-refractivity contribution is -0.270. The lowest BCUT2D eigenvalue weighted by atomic mass is 9.97. The summed E-state index contributed by atoms with van der Waals surface area (Å²) < 4.78 is 10.9. The molecule has 8 nitrogen and oxygen atoms in total. The Morgan fingerprint density at radius 2 is 1.91 bits per heavy atom. The minimum atomic E-state index is -1.32. The van der Waals surface area contributed by atoms with Crippen molar-refractivity contribution in [1.82, 2.24) is 5.32 Å². The van der Waals surface area contributed by atoms with Gasteiger partial charge in [0, 0.05) is 26.4 Å². The zero-order valence-electron chi connectivity index (χ0n) is 13.6. The second kappa shape index (κ2) is 9.94. The van der Waals surface area contributed by atoms with Crippen LogP contribution in [0.4, 0.5) is 0 Å². The molecule has 0 unspecified atom stereocenters. The molecule has 1 aliphatic heterocycles. The average Bonchev–Trinajstić information content (AvgIpc) is 2.52.